The molecule has 0 fully saturated rings. The summed E-state index contributed by atoms with van der Waals surface area (Å²) in [4.78, 5) is 0. The van der Waals surface area contributed by atoms with E-state index in [0.29, 0.717) is 6.54 Å². The monoisotopic (exact) mass is 241 g/mol. The summed E-state index contributed by atoms with van der Waals surface area (Å²) in [5.74, 6) is -2.80. The van der Waals surface area contributed by atoms with Crippen LogP contribution in [0.25, 0.3) is 0 Å². The Kier molecular flexibility index (Phi) is 4.63. The molecule has 0 heterocycles. The Bertz CT molecular complexity index is 333. The number of hydrogen-bond acceptors (Lipinski definition) is 1. The van der Waals surface area contributed by atoms with Crippen molar-refractivity contribution in [2.24, 2.45) is 5.41 Å². The van der Waals surface area contributed by atoms with E-state index in [9.17, 15) is 8.78 Å². The van der Waals surface area contributed by atoms with E-state index in [1.807, 2.05) is 0 Å². The normalized spacial score (nSPS) is 12.8. The third-order valence-electron chi connectivity index (χ3n) is 3.10. The molecule has 0 aromatic heterocycles. The summed E-state index contributed by atoms with van der Waals surface area (Å²) in [6.07, 6.45) is 0.969. The van der Waals surface area contributed by atoms with Crippen LogP contribution in [0.4, 0.5) is 8.78 Å². The van der Waals surface area contributed by atoms with E-state index < -0.39 is 5.92 Å². The lowest BCUT2D eigenvalue weighted by Crippen LogP contribution is -2.36. The van der Waals surface area contributed by atoms with Gasteiger partial charge >= 0.3 is 0 Å². The van der Waals surface area contributed by atoms with Gasteiger partial charge in [0, 0.05) is 12.1 Å². The summed E-state index contributed by atoms with van der Waals surface area (Å²) in [5, 5.41) is 2.87. The number of benzene rings is 1. The molecule has 0 radical (unpaired) electrons. The zero-order valence-corrected chi connectivity index (χ0v) is 10.8. The Balaban J connectivity index is 2.51. The molecule has 17 heavy (non-hydrogen) atoms. The molecule has 0 amide bonds. The van der Waals surface area contributed by atoms with E-state index in [4.69, 9.17) is 0 Å². The molecule has 1 rings (SSSR count). The van der Waals surface area contributed by atoms with E-state index in [1.165, 1.54) is 12.1 Å². The van der Waals surface area contributed by atoms with Crippen molar-refractivity contribution in [2.45, 2.75) is 33.1 Å². The van der Waals surface area contributed by atoms with Crippen LogP contribution in [0.15, 0.2) is 30.3 Å². The summed E-state index contributed by atoms with van der Waals surface area (Å²) >= 11 is 0. The molecule has 1 aromatic rings. The standard InChI is InChI=1S/C14H21F2N/c1-4-13(2,3)10-17-11-14(15,16)12-8-6-5-7-9-12/h5-9,17H,4,10-11H2,1-3H3. The maximum Gasteiger partial charge on any atom is 0.285 e. The highest BCUT2D eigenvalue weighted by molar-refractivity contribution is 5.20. The zero-order chi connectivity index (χ0) is 12.9. The smallest absolute Gasteiger partial charge is 0.285 e. The van der Waals surface area contributed by atoms with Crippen molar-refractivity contribution in [3.63, 3.8) is 0 Å². The number of alkyl halides is 2. The second-order valence-corrected chi connectivity index (χ2v) is 5.19. The minimum absolute atomic E-state index is 0.0623. The summed E-state index contributed by atoms with van der Waals surface area (Å²) in [6.45, 7) is 6.50. The molecule has 0 saturated heterocycles. The van der Waals surface area contributed by atoms with Crippen LogP contribution < -0.4 is 5.32 Å². The molecular formula is C14H21F2N. The summed E-state index contributed by atoms with van der Waals surface area (Å²) in [7, 11) is 0. The predicted molar refractivity (Wildman–Crippen MR) is 67.3 cm³/mol. The van der Waals surface area contributed by atoms with Crippen LogP contribution in [0, 0.1) is 5.41 Å². The third kappa shape index (κ3) is 4.43. The van der Waals surface area contributed by atoms with Gasteiger partial charge in [0.15, 0.2) is 0 Å². The van der Waals surface area contributed by atoms with Crippen molar-refractivity contribution in [3.05, 3.63) is 35.9 Å². The molecule has 0 bridgehead atoms. The van der Waals surface area contributed by atoms with E-state index in [-0.39, 0.29) is 17.5 Å². The number of nitrogens with one attached hydrogen (secondary N) is 1. The average molecular weight is 241 g/mol. The molecule has 0 atom stereocenters. The fourth-order valence-corrected chi connectivity index (χ4v) is 1.47. The Morgan fingerprint density at radius 3 is 2.18 bits per heavy atom. The SMILES string of the molecule is CCC(C)(C)CNCC(F)(F)c1ccccc1. The maximum atomic E-state index is 13.8. The van der Waals surface area contributed by atoms with Crippen molar-refractivity contribution in [3.8, 4) is 0 Å². The van der Waals surface area contributed by atoms with Gasteiger partial charge in [-0.3, -0.25) is 0 Å². The zero-order valence-electron chi connectivity index (χ0n) is 10.8. The molecule has 0 aliphatic heterocycles. The molecule has 0 spiro atoms. The van der Waals surface area contributed by atoms with Crippen molar-refractivity contribution in [1.82, 2.24) is 5.32 Å². The van der Waals surface area contributed by atoms with Crippen LogP contribution in [0.1, 0.15) is 32.8 Å². The van der Waals surface area contributed by atoms with Gasteiger partial charge in [-0.25, -0.2) is 0 Å². The minimum Gasteiger partial charge on any atom is -0.310 e. The quantitative estimate of drug-likeness (QED) is 0.798. The lowest BCUT2D eigenvalue weighted by atomic mass is 9.90. The molecule has 0 aliphatic rings. The van der Waals surface area contributed by atoms with E-state index in [1.54, 1.807) is 18.2 Å². The van der Waals surface area contributed by atoms with Crippen LogP contribution in [0.3, 0.4) is 0 Å². The molecule has 0 aliphatic carbocycles. The van der Waals surface area contributed by atoms with Gasteiger partial charge in [0.05, 0.1) is 6.54 Å². The van der Waals surface area contributed by atoms with E-state index in [0.717, 1.165) is 6.42 Å². The Labute approximate surface area is 102 Å². The fraction of sp³-hybridized carbons (Fsp3) is 0.571. The summed E-state index contributed by atoms with van der Waals surface area (Å²) in [6, 6.07) is 7.95. The lowest BCUT2D eigenvalue weighted by molar-refractivity contribution is -0.00498. The molecule has 0 saturated carbocycles. The number of halogens is 2. The first-order chi connectivity index (χ1) is 7.87. The van der Waals surface area contributed by atoms with Crippen LogP contribution in [0.2, 0.25) is 0 Å². The molecule has 1 aromatic carbocycles. The molecule has 96 valence electrons. The van der Waals surface area contributed by atoms with Crippen molar-refractivity contribution in [1.29, 1.82) is 0 Å². The van der Waals surface area contributed by atoms with Crippen LogP contribution in [-0.2, 0) is 5.92 Å². The third-order valence-corrected chi connectivity index (χ3v) is 3.10. The van der Waals surface area contributed by atoms with E-state index >= 15 is 0 Å². The Hall–Kier alpha value is -0.960. The van der Waals surface area contributed by atoms with Gasteiger partial charge in [0.1, 0.15) is 0 Å². The first-order valence-corrected chi connectivity index (χ1v) is 6.01. The molecule has 1 nitrogen and oxygen atoms in total. The summed E-state index contributed by atoms with van der Waals surface area (Å²) in [5.41, 5.74) is 0.133. The average Bonchev–Trinajstić information content (AvgIpc) is 2.30. The lowest BCUT2D eigenvalue weighted by Gasteiger charge is -2.25. The van der Waals surface area contributed by atoms with Gasteiger partial charge in [-0.05, 0) is 11.8 Å². The second kappa shape index (κ2) is 5.58. The Morgan fingerprint density at radius 1 is 1.06 bits per heavy atom. The van der Waals surface area contributed by atoms with Gasteiger partial charge in [0.25, 0.3) is 5.92 Å². The van der Waals surface area contributed by atoms with Crippen molar-refractivity contribution in [2.75, 3.05) is 13.1 Å². The van der Waals surface area contributed by atoms with E-state index in [2.05, 4.69) is 26.1 Å². The molecule has 3 heteroatoms. The van der Waals surface area contributed by atoms with Crippen LogP contribution in [0.5, 0.6) is 0 Å². The highest BCUT2D eigenvalue weighted by Gasteiger charge is 2.31. The van der Waals surface area contributed by atoms with Crippen LogP contribution in [-0.4, -0.2) is 13.1 Å². The fourth-order valence-electron chi connectivity index (χ4n) is 1.47. The highest BCUT2D eigenvalue weighted by atomic mass is 19.3. The van der Waals surface area contributed by atoms with Gasteiger partial charge in [-0.1, -0.05) is 51.1 Å². The minimum atomic E-state index is -2.80. The van der Waals surface area contributed by atoms with Gasteiger partial charge < -0.3 is 5.32 Å². The first kappa shape index (κ1) is 14.1. The topological polar surface area (TPSA) is 12.0 Å². The first-order valence-electron chi connectivity index (χ1n) is 6.01. The van der Waals surface area contributed by atoms with Crippen LogP contribution >= 0.6 is 0 Å². The Morgan fingerprint density at radius 2 is 1.65 bits per heavy atom. The maximum absolute atomic E-state index is 13.8. The second-order valence-electron chi connectivity index (χ2n) is 5.19. The number of rotatable bonds is 6. The molecular weight excluding hydrogens is 220 g/mol. The summed E-state index contributed by atoms with van der Waals surface area (Å²) < 4.78 is 27.5. The predicted octanol–water partition coefficient (Wildman–Crippen LogP) is 3.80. The largest absolute Gasteiger partial charge is 0.310 e. The van der Waals surface area contributed by atoms with Crippen molar-refractivity contribution < 1.29 is 8.78 Å². The van der Waals surface area contributed by atoms with Gasteiger partial charge in [-0.2, -0.15) is 8.78 Å². The van der Waals surface area contributed by atoms with Gasteiger partial charge in [-0.15, -0.1) is 0 Å². The number of hydrogen-bond donors (Lipinski definition) is 1. The van der Waals surface area contributed by atoms with Crippen molar-refractivity contribution >= 4 is 0 Å². The highest BCUT2D eigenvalue weighted by Crippen LogP contribution is 2.27. The molecule has 1 N–H and O–H groups in total. The van der Waals surface area contributed by atoms with Gasteiger partial charge in [0.2, 0.25) is 0 Å². The molecule has 0 unspecified atom stereocenters.